The molecule has 2 fully saturated rings. The molecule has 3 amide bonds. The lowest BCUT2D eigenvalue weighted by atomic mass is 9.92. The van der Waals surface area contributed by atoms with E-state index in [4.69, 9.17) is 4.52 Å². The number of rotatable bonds is 3. The molecule has 0 saturated carbocycles. The van der Waals surface area contributed by atoms with Crippen LogP contribution in [0.5, 0.6) is 0 Å². The highest BCUT2D eigenvalue weighted by atomic mass is 16.5. The molecular weight excluding hydrogens is 320 g/mol. The fourth-order valence-electron chi connectivity index (χ4n) is 3.69. The van der Waals surface area contributed by atoms with E-state index in [1.165, 1.54) is 29.7 Å². The molecule has 1 aromatic heterocycles. The van der Waals surface area contributed by atoms with Gasteiger partial charge < -0.3 is 9.84 Å². The Hall–Kier alpha value is -2.41. The van der Waals surface area contributed by atoms with Gasteiger partial charge in [-0.2, -0.15) is 0 Å². The Morgan fingerprint density at radius 2 is 2.16 bits per heavy atom. The van der Waals surface area contributed by atoms with Crippen molar-refractivity contribution in [3.8, 4) is 0 Å². The van der Waals surface area contributed by atoms with Crippen LogP contribution >= 0.6 is 0 Å². The van der Waals surface area contributed by atoms with Gasteiger partial charge in [-0.15, -0.1) is 0 Å². The molecule has 1 aromatic carbocycles. The van der Waals surface area contributed by atoms with Crippen LogP contribution in [0.3, 0.4) is 0 Å². The van der Waals surface area contributed by atoms with Crippen LogP contribution < -0.4 is 15.5 Å². The SMILES string of the molecule is O=C1CCN(c2noc3ccc(CC4CCCNCC4)cc23)C(=O)N1. The number of hydrogen-bond acceptors (Lipinski definition) is 5. The fraction of sp³-hybridized carbons (Fsp3) is 0.500. The van der Waals surface area contributed by atoms with Gasteiger partial charge in [-0.3, -0.25) is 15.0 Å². The zero-order chi connectivity index (χ0) is 17.2. The third kappa shape index (κ3) is 3.37. The first-order valence-corrected chi connectivity index (χ1v) is 8.91. The smallest absolute Gasteiger partial charge is 0.329 e. The van der Waals surface area contributed by atoms with Crippen LogP contribution in [0, 0.1) is 5.92 Å². The Balaban J connectivity index is 1.59. The molecular formula is C18H22N4O3. The maximum atomic E-state index is 12.1. The lowest BCUT2D eigenvalue weighted by Gasteiger charge is -2.24. The molecule has 2 saturated heterocycles. The topological polar surface area (TPSA) is 87.5 Å². The molecule has 0 spiro atoms. The normalized spacial score (nSPS) is 22.1. The van der Waals surface area contributed by atoms with Crippen molar-refractivity contribution in [2.75, 3.05) is 24.5 Å². The van der Waals surface area contributed by atoms with Gasteiger partial charge in [-0.05, 0) is 62.4 Å². The summed E-state index contributed by atoms with van der Waals surface area (Å²) in [6.07, 6.45) is 4.93. The summed E-state index contributed by atoms with van der Waals surface area (Å²) in [5.74, 6) is 0.910. The highest BCUT2D eigenvalue weighted by Gasteiger charge is 2.28. The molecule has 7 nitrogen and oxygen atoms in total. The largest absolute Gasteiger partial charge is 0.354 e. The van der Waals surface area contributed by atoms with Crippen molar-refractivity contribution in [3.05, 3.63) is 23.8 Å². The average Bonchev–Trinajstić information content (AvgIpc) is 2.83. The van der Waals surface area contributed by atoms with E-state index in [1.54, 1.807) is 0 Å². The number of fused-ring (bicyclic) bond motifs is 1. The number of aromatic nitrogens is 1. The van der Waals surface area contributed by atoms with Gasteiger partial charge in [0.15, 0.2) is 11.4 Å². The summed E-state index contributed by atoms with van der Waals surface area (Å²) in [6, 6.07) is 5.63. The van der Waals surface area contributed by atoms with Crippen LogP contribution in [-0.2, 0) is 11.2 Å². The molecule has 1 atom stereocenters. The van der Waals surface area contributed by atoms with Gasteiger partial charge in [-0.25, -0.2) is 4.79 Å². The summed E-state index contributed by atoms with van der Waals surface area (Å²) in [6.45, 7) is 2.51. The molecule has 1 unspecified atom stereocenters. The molecule has 3 heterocycles. The summed E-state index contributed by atoms with van der Waals surface area (Å²) in [5, 5.41) is 10.7. The van der Waals surface area contributed by atoms with Crippen LogP contribution in [-0.4, -0.2) is 36.7 Å². The summed E-state index contributed by atoms with van der Waals surface area (Å²) >= 11 is 0. The zero-order valence-corrected chi connectivity index (χ0v) is 14.1. The van der Waals surface area contributed by atoms with E-state index in [2.05, 4.69) is 27.9 Å². The van der Waals surface area contributed by atoms with Crippen molar-refractivity contribution in [2.45, 2.75) is 32.1 Å². The summed E-state index contributed by atoms with van der Waals surface area (Å²) in [5.41, 5.74) is 1.89. The Morgan fingerprint density at radius 1 is 1.24 bits per heavy atom. The maximum Gasteiger partial charge on any atom is 0.329 e. The second kappa shape index (κ2) is 6.84. The van der Waals surface area contributed by atoms with E-state index in [9.17, 15) is 9.59 Å². The molecule has 2 N–H and O–H groups in total. The van der Waals surface area contributed by atoms with Crippen molar-refractivity contribution >= 4 is 28.7 Å². The lowest BCUT2D eigenvalue weighted by Crippen LogP contribution is -2.49. The molecule has 2 aromatic rings. The number of benzene rings is 1. The minimum Gasteiger partial charge on any atom is -0.354 e. The average molecular weight is 342 g/mol. The van der Waals surface area contributed by atoms with Crippen molar-refractivity contribution in [1.29, 1.82) is 0 Å². The number of anilines is 1. The van der Waals surface area contributed by atoms with E-state index in [-0.39, 0.29) is 12.3 Å². The van der Waals surface area contributed by atoms with Crippen LogP contribution in [0.2, 0.25) is 0 Å². The number of carbonyl (C=O) groups excluding carboxylic acids is 2. The summed E-state index contributed by atoms with van der Waals surface area (Å²) in [4.78, 5) is 24.9. The highest BCUT2D eigenvalue weighted by Crippen LogP contribution is 2.29. The van der Waals surface area contributed by atoms with Crippen LogP contribution in [0.15, 0.2) is 22.7 Å². The fourth-order valence-corrected chi connectivity index (χ4v) is 3.69. The first-order chi connectivity index (χ1) is 12.2. The van der Waals surface area contributed by atoms with Gasteiger partial charge in [0.2, 0.25) is 5.91 Å². The molecule has 4 rings (SSSR count). The number of nitrogens with zero attached hydrogens (tertiary/aromatic N) is 2. The molecule has 0 aliphatic carbocycles. The predicted octanol–water partition coefficient (Wildman–Crippen LogP) is 2.21. The van der Waals surface area contributed by atoms with E-state index in [0.717, 1.165) is 24.9 Å². The maximum absolute atomic E-state index is 12.1. The first kappa shape index (κ1) is 16.1. The summed E-state index contributed by atoms with van der Waals surface area (Å²) < 4.78 is 5.38. The van der Waals surface area contributed by atoms with Gasteiger partial charge >= 0.3 is 6.03 Å². The van der Waals surface area contributed by atoms with E-state index < -0.39 is 6.03 Å². The van der Waals surface area contributed by atoms with Crippen molar-refractivity contribution in [3.63, 3.8) is 0 Å². The van der Waals surface area contributed by atoms with Crippen LogP contribution in [0.25, 0.3) is 11.0 Å². The molecule has 2 aliphatic heterocycles. The van der Waals surface area contributed by atoms with Crippen molar-refractivity contribution < 1.29 is 14.1 Å². The third-order valence-corrected chi connectivity index (χ3v) is 5.04. The number of amides is 3. The monoisotopic (exact) mass is 342 g/mol. The van der Waals surface area contributed by atoms with Gasteiger partial charge in [0.1, 0.15) is 0 Å². The minimum absolute atomic E-state index is 0.253. The standard InChI is InChI=1S/C18H22N4O3/c23-16-6-9-22(18(24)20-16)17-14-11-13(3-4-15(14)25-21-17)10-12-2-1-7-19-8-5-12/h3-4,11-12,19H,1-2,5-10H2,(H,20,23,24). The Kier molecular flexibility index (Phi) is 4.40. The number of carbonyl (C=O) groups is 2. The molecule has 7 heteroatoms. The number of imide groups is 1. The van der Waals surface area contributed by atoms with Crippen molar-refractivity contribution in [1.82, 2.24) is 15.8 Å². The molecule has 2 aliphatic rings. The Bertz CT molecular complexity index is 793. The zero-order valence-electron chi connectivity index (χ0n) is 14.1. The second-order valence-corrected chi connectivity index (χ2v) is 6.84. The Labute approximate surface area is 145 Å². The number of hydrogen-bond donors (Lipinski definition) is 2. The van der Waals surface area contributed by atoms with Crippen molar-refractivity contribution in [2.24, 2.45) is 5.92 Å². The van der Waals surface area contributed by atoms with Gasteiger partial charge in [0.25, 0.3) is 0 Å². The van der Waals surface area contributed by atoms with E-state index >= 15 is 0 Å². The predicted molar refractivity (Wildman–Crippen MR) is 93.4 cm³/mol. The quantitative estimate of drug-likeness (QED) is 0.893. The molecule has 0 bridgehead atoms. The summed E-state index contributed by atoms with van der Waals surface area (Å²) in [7, 11) is 0. The van der Waals surface area contributed by atoms with Gasteiger partial charge in [-0.1, -0.05) is 11.2 Å². The highest BCUT2D eigenvalue weighted by molar-refractivity contribution is 6.08. The lowest BCUT2D eigenvalue weighted by molar-refractivity contribution is -0.120. The van der Waals surface area contributed by atoms with Gasteiger partial charge in [0.05, 0.1) is 5.39 Å². The van der Waals surface area contributed by atoms with Gasteiger partial charge in [0, 0.05) is 13.0 Å². The van der Waals surface area contributed by atoms with E-state index in [0.29, 0.717) is 23.9 Å². The minimum atomic E-state index is -0.438. The van der Waals surface area contributed by atoms with Crippen LogP contribution in [0.4, 0.5) is 10.6 Å². The molecule has 25 heavy (non-hydrogen) atoms. The van der Waals surface area contributed by atoms with E-state index in [1.807, 2.05) is 6.07 Å². The number of urea groups is 1. The Morgan fingerprint density at radius 3 is 3.04 bits per heavy atom. The van der Waals surface area contributed by atoms with Crippen LogP contribution in [0.1, 0.15) is 31.2 Å². The molecule has 0 radical (unpaired) electrons. The number of nitrogens with one attached hydrogen (secondary N) is 2. The third-order valence-electron chi connectivity index (χ3n) is 5.04. The molecule has 132 valence electrons. The first-order valence-electron chi connectivity index (χ1n) is 8.91. The second-order valence-electron chi connectivity index (χ2n) is 6.84.